The lowest BCUT2D eigenvalue weighted by Gasteiger charge is -2.31. The highest BCUT2D eigenvalue weighted by molar-refractivity contribution is 7.13. The molecular weight excluding hydrogens is 422 g/mol. The van der Waals surface area contributed by atoms with Gasteiger partial charge in [0.2, 0.25) is 5.01 Å². The van der Waals surface area contributed by atoms with Crippen molar-refractivity contribution in [2.75, 3.05) is 23.7 Å². The number of hydrogen-bond acceptors (Lipinski definition) is 5. The smallest absolute Gasteiger partial charge is 0.321 e. The maximum absolute atomic E-state index is 12.6. The molecule has 30 heavy (non-hydrogen) atoms. The van der Waals surface area contributed by atoms with Crippen molar-refractivity contribution in [3.63, 3.8) is 0 Å². The molecule has 3 amide bonds. The van der Waals surface area contributed by atoms with Gasteiger partial charge in [-0.3, -0.25) is 4.79 Å². The van der Waals surface area contributed by atoms with Gasteiger partial charge in [-0.25, -0.2) is 4.79 Å². The van der Waals surface area contributed by atoms with Crippen LogP contribution in [0.1, 0.15) is 33.6 Å². The Hall–Kier alpha value is -2.97. The molecule has 9 heteroatoms. The van der Waals surface area contributed by atoms with Gasteiger partial charge in [-0.05, 0) is 43.2 Å². The molecule has 1 fully saturated rings. The first kappa shape index (κ1) is 20.3. The second kappa shape index (κ2) is 9.23. The molecule has 1 atom stereocenters. The highest BCUT2D eigenvalue weighted by atomic mass is 35.5. The molecule has 7 nitrogen and oxygen atoms in total. The summed E-state index contributed by atoms with van der Waals surface area (Å²) in [4.78, 5) is 26.8. The predicted molar refractivity (Wildman–Crippen MR) is 118 cm³/mol. The number of carbonyl (C=O) groups is 2. The van der Waals surface area contributed by atoms with Gasteiger partial charge in [0.25, 0.3) is 5.91 Å². The van der Waals surface area contributed by atoms with Crippen molar-refractivity contribution >= 4 is 46.3 Å². The molecule has 0 bridgehead atoms. The van der Waals surface area contributed by atoms with Gasteiger partial charge in [-0.2, -0.15) is 0 Å². The van der Waals surface area contributed by atoms with Crippen LogP contribution in [-0.4, -0.2) is 40.1 Å². The summed E-state index contributed by atoms with van der Waals surface area (Å²) < 4.78 is 0. The molecule has 0 radical (unpaired) electrons. The van der Waals surface area contributed by atoms with Crippen LogP contribution >= 0.6 is 22.9 Å². The van der Waals surface area contributed by atoms with E-state index >= 15 is 0 Å². The number of piperidine rings is 1. The number of amides is 3. The number of carbonyl (C=O) groups excluding carboxylic acids is 2. The number of urea groups is 1. The molecule has 2 aromatic carbocycles. The van der Waals surface area contributed by atoms with Crippen molar-refractivity contribution in [1.82, 2.24) is 15.1 Å². The normalized spacial score (nSPS) is 16.2. The topological polar surface area (TPSA) is 87.2 Å². The largest absolute Gasteiger partial charge is 0.324 e. The van der Waals surface area contributed by atoms with Crippen LogP contribution in [0.4, 0.5) is 16.2 Å². The Morgan fingerprint density at radius 3 is 2.63 bits per heavy atom. The molecule has 3 aromatic rings. The van der Waals surface area contributed by atoms with E-state index in [4.69, 9.17) is 11.6 Å². The Labute approximate surface area is 183 Å². The van der Waals surface area contributed by atoms with E-state index in [1.54, 1.807) is 29.2 Å². The number of benzene rings is 2. The van der Waals surface area contributed by atoms with Crippen molar-refractivity contribution in [2.45, 2.75) is 18.8 Å². The maximum atomic E-state index is 12.6. The van der Waals surface area contributed by atoms with E-state index in [0.29, 0.717) is 34.5 Å². The fourth-order valence-corrected chi connectivity index (χ4v) is 4.38. The zero-order valence-electron chi connectivity index (χ0n) is 16.0. The van der Waals surface area contributed by atoms with Crippen LogP contribution < -0.4 is 10.6 Å². The monoisotopic (exact) mass is 441 g/mol. The molecule has 0 aliphatic carbocycles. The van der Waals surface area contributed by atoms with Crippen molar-refractivity contribution < 1.29 is 9.59 Å². The van der Waals surface area contributed by atoms with Gasteiger partial charge < -0.3 is 15.5 Å². The molecule has 0 spiro atoms. The lowest BCUT2D eigenvalue weighted by Crippen LogP contribution is -2.41. The van der Waals surface area contributed by atoms with Crippen LogP contribution in [0.5, 0.6) is 0 Å². The standard InChI is InChI=1S/C21H20ClN5O2S/c22-15-7-4-10-17(12-15)24-21(29)27-11-5-6-14(13-27)19-25-26-20(30-19)18(28)23-16-8-2-1-3-9-16/h1-4,7-10,12,14H,5-6,11,13H2,(H,23,28)(H,24,29). The van der Waals surface area contributed by atoms with E-state index in [-0.39, 0.29) is 17.9 Å². The zero-order valence-corrected chi connectivity index (χ0v) is 17.6. The summed E-state index contributed by atoms with van der Waals surface area (Å²) in [6.07, 6.45) is 1.76. The second-order valence-corrected chi connectivity index (χ2v) is 8.44. The molecule has 1 aromatic heterocycles. The second-order valence-electron chi connectivity index (χ2n) is 6.99. The number of nitrogens with one attached hydrogen (secondary N) is 2. The minimum absolute atomic E-state index is 0.0552. The molecule has 2 heterocycles. The average Bonchev–Trinajstić information content (AvgIpc) is 3.25. The van der Waals surface area contributed by atoms with Crippen LogP contribution in [-0.2, 0) is 0 Å². The number of anilines is 2. The quantitative estimate of drug-likeness (QED) is 0.605. The van der Waals surface area contributed by atoms with Crippen molar-refractivity contribution in [1.29, 1.82) is 0 Å². The molecule has 4 rings (SSSR count). The average molecular weight is 442 g/mol. The summed E-state index contributed by atoms with van der Waals surface area (Å²) >= 11 is 7.26. The summed E-state index contributed by atoms with van der Waals surface area (Å²) in [5.74, 6) is -0.226. The molecule has 2 N–H and O–H groups in total. The van der Waals surface area contributed by atoms with E-state index in [1.807, 2.05) is 30.3 Å². The Morgan fingerprint density at radius 2 is 1.83 bits per heavy atom. The van der Waals surface area contributed by atoms with E-state index < -0.39 is 0 Å². The highest BCUT2D eigenvalue weighted by Crippen LogP contribution is 2.30. The molecule has 0 saturated carbocycles. The van der Waals surface area contributed by atoms with Gasteiger partial charge in [-0.15, -0.1) is 10.2 Å². The molecule has 1 unspecified atom stereocenters. The number of para-hydroxylation sites is 1. The van der Waals surface area contributed by atoms with E-state index in [1.165, 1.54) is 11.3 Å². The van der Waals surface area contributed by atoms with Gasteiger partial charge in [-0.1, -0.05) is 47.2 Å². The third-order valence-corrected chi connectivity index (χ3v) is 6.12. The molecule has 1 aliphatic heterocycles. The minimum atomic E-state index is -0.281. The zero-order chi connectivity index (χ0) is 20.9. The Bertz CT molecular complexity index is 1040. The van der Waals surface area contributed by atoms with Gasteiger partial charge in [0.15, 0.2) is 0 Å². The Kier molecular flexibility index (Phi) is 6.25. The van der Waals surface area contributed by atoms with Crippen LogP contribution in [0.25, 0.3) is 0 Å². The number of aromatic nitrogens is 2. The third kappa shape index (κ3) is 4.95. The summed E-state index contributed by atoms with van der Waals surface area (Å²) in [5, 5.41) is 15.6. The molecule has 1 aliphatic rings. The van der Waals surface area contributed by atoms with Gasteiger partial charge in [0.05, 0.1) is 0 Å². The first-order chi connectivity index (χ1) is 14.6. The fourth-order valence-electron chi connectivity index (χ4n) is 3.33. The first-order valence-electron chi connectivity index (χ1n) is 9.60. The number of rotatable bonds is 4. The van der Waals surface area contributed by atoms with E-state index in [0.717, 1.165) is 17.8 Å². The van der Waals surface area contributed by atoms with Gasteiger partial charge >= 0.3 is 6.03 Å². The van der Waals surface area contributed by atoms with E-state index in [9.17, 15) is 9.59 Å². The lowest BCUT2D eigenvalue weighted by atomic mass is 9.99. The summed E-state index contributed by atoms with van der Waals surface area (Å²) in [6, 6.07) is 16.1. The Morgan fingerprint density at radius 1 is 1.03 bits per heavy atom. The lowest BCUT2D eigenvalue weighted by molar-refractivity contribution is 0.102. The van der Waals surface area contributed by atoms with Crippen LogP contribution in [0, 0.1) is 0 Å². The third-order valence-electron chi connectivity index (χ3n) is 4.80. The molecule has 154 valence electrons. The maximum Gasteiger partial charge on any atom is 0.321 e. The number of halogens is 1. The molecule has 1 saturated heterocycles. The van der Waals surface area contributed by atoms with Gasteiger partial charge in [0, 0.05) is 35.4 Å². The summed E-state index contributed by atoms with van der Waals surface area (Å²) in [7, 11) is 0. The van der Waals surface area contributed by atoms with Crippen molar-refractivity contribution in [2.24, 2.45) is 0 Å². The fraction of sp³-hybridized carbons (Fsp3) is 0.238. The summed E-state index contributed by atoms with van der Waals surface area (Å²) in [5.41, 5.74) is 1.37. The number of nitrogens with zero attached hydrogens (tertiary/aromatic N) is 3. The van der Waals surface area contributed by atoms with Gasteiger partial charge in [0.1, 0.15) is 5.01 Å². The Balaban J connectivity index is 1.38. The molecular formula is C21H20ClN5O2S. The predicted octanol–water partition coefficient (Wildman–Crippen LogP) is 4.86. The van der Waals surface area contributed by atoms with Crippen molar-refractivity contribution in [3.8, 4) is 0 Å². The summed E-state index contributed by atoms with van der Waals surface area (Å²) in [6.45, 7) is 1.20. The first-order valence-corrected chi connectivity index (χ1v) is 10.8. The minimum Gasteiger partial charge on any atom is -0.324 e. The van der Waals surface area contributed by atoms with Crippen LogP contribution in [0.2, 0.25) is 5.02 Å². The number of hydrogen-bond donors (Lipinski definition) is 2. The van der Waals surface area contributed by atoms with Crippen molar-refractivity contribution in [3.05, 3.63) is 69.6 Å². The number of likely N-dealkylation sites (tertiary alicyclic amines) is 1. The van der Waals surface area contributed by atoms with Crippen LogP contribution in [0.3, 0.4) is 0 Å². The SMILES string of the molecule is O=C(Nc1ccccc1)c1nnc(C2CCCN(C(=O)Nc3cccc(Cl)c3)C2)s1. The van der Waals surface area contributed by atoms with Crippen LogP contribution in [0.15, 0.2) is 54.6 Å². The van der Waals surface area contributed by atoms with E-state index in [2.05, 4.69) is 20.8 Å². The highest BCUT2D eigenvalue weighted by Gasteiger charge is 2.28.